The zero-order chi connectivity index (χ0) is 19.8. The van der Waals surface area contributed by atoms with Crippen molar-refractivity contribution in [2.24, 2.45) is 0 Å². The SMILES string of the molecule is CCOC(=O)N1CCN(C(=O)CNc2ccccc2Oc2ccccc2)CC1. The van der Waals surface area contributed by atoms with Crippen LogP contribution in [0, 0.1) is 0 Å². The fourth-order valence-corrected chi connectivity index (χ4v) is 2.95. The fourth-order valence-electron chi connectivity index (χ4n) is 2.95. The third kappa shape index (κ3) is 5.16. The summed E-state index contributed by atoms with van der Waals surface area (Å²) in [6.45, 7) is 4.27. The maximum atomic E-state index is 12.5. The lowest BCUT2D eigenvalue weighted by Gasteiger charge is -2.34. The number of nitrogens with zero attached hydrogens (tertiary/aromatic N) is 2. The Balaban J connectivity index is 1.52. The summed E-state index contributed by atoms with van der Waals surface area (Å²) in [5.41, 5.74) is 0.755. The molecule has 0 aromatic heterocycles. The summed E-state index contributed by atoms with van der Waals surface area (Å²) in [5.74, 6) is 1.38. The molecule has 0 unspecified atom stereocenters. The third-order valence-electron chi connectivity index (χ3n) is 4.45. The first-order valence-electron chi connectivity index (χ1n) is 9.42. The number of nitrogens with one attached hydrogen (secondary N) is 1. The van der Waals surface area contributed by atoms with Gasteiger partial charge in [-0.1, -0.05) is 30.3 Å². The molecule has 0 saturated carbocycles. The summed E-state index contributed by atoms with van der Waals surface area (Å²) in [7, 11) is 0. The highest BCUT2D eigenvalue weighted by Crippen LogP contribution is 2.28. The lowest BCUT2D eigenvalue weighted by atomic mass is 10.2. The fraction of sp³-hybridized carbons (Fsp3) is 0.333. The predicted molar refractivity (Wildman–Crippen MR) is 107 cm³/mol. The van der Waals surface area contributed by atoms with E-state index in [9.17, 15) is 9.59 Å². The molecule has 0 spiro atoms. The van der Waals surface area contributed by atoms with E-state index in [0.29, 0.717) is 38.5 Å². The van der Waals surface area contributed by atoms with Crippen molar-refractivity contribution in [1.82, 2.24) is 9.80 Å². The minimum Gasteiger partial charge on any atom is -0.455 e. The number of carbonyl (C=O) groups excluding carboxylic acids is 2. The molecule has 0 radical (unpaired) electrons. The number of carbonyl (C=O) groups is 2. The Bertz CT molecular complexity index is 789. The van der Waals surface area contributed by atoms with Crippen LogP contribution in [0.1, 0.15) is 6.92 Å². The van der Waals surface area contributed by atoms with Crippen molar-refractivity contribution in [3.63, 3.8) is 0 Å². The number of benzene rings is 2. The Kier molecular flexibility index (Phi) is 6.73. The topological polar surface area (TPSA) is 71.1 Å². The molecule has 148 valence electrons. The maximum Gasteiger partial charge on any atom is 0.409 e. The molecule has 1 fully saturated rings. The van der Waals surface area contributed by atoms with Crippen LogP contribution in [0.15, 0.2) is 54.6 Å². The van der Waals surface area contributed by atoms with E-state index in [1.807, 2.05) is 54.6 Å². The number of amides is 2. The van der Waals surface area contributed by atoms with Gasteiger partial charge >= 0.3 is 6.09 Å². The standard InChI is InChI=1S/C21H25N3O4/c1-2-27-21(26)24-14-12-23(13-15-24)20(25)16-22-18-10-6-7-11-19(18)28-17-8-4-3-5-9-17/h3-11,22H,2,12-16H2,1H3. The molecule has 1 heterocycles. The molecule has 0 bridgehead atoms. The Morgan fingerprint density at radius 1 is 0.929 bits per heavy atom. The van der Waals surface area contributed by atoms with Gasteiger partial charge in [-0.15, -0.1) is 0 Å². The molecule has 28 heavy (non-hydrogen) atoms. The zero-order valence-electron chi connectivity index (χ0n) is 16.0. The molecule has 1 N–H and O–H groups in total. The third-order valence-corrected chi connectivity index (χ3v) is 4.45. The minimum atomic E-state index is -0.320. The van der Waals surface area contributed by atoms with E-state index >= 15 is 0 Å². The molecule has 3 rings (SSSR count). The van der Waals surface area contributed by atoms with Gasteiger partial charge in [-0.3, -0.25) is 4.79 Å². The molecule has 2 aromatic carbocycles. The molecular formula is C21H25N3O4. The molecule has 1 aliphatic heterocycles. The van der Waals surface area contributed by atoms with Crippen LogP contribution in [0.3, 0.4) is 0 Å². The molecule has 0 atom stereocenters. The van der Waals surface area contributed by atoms with Crippen LogP contribution < -0.4 is 10.1 Å². The van der Waals surface area contributed by atoms with Crippen molar-refractivity contribution in [3.8, 4) is 11.5 Å². The van der Waals surface area contributed by atoms with Crippen molar-refractivity contribution in [2.75, 3.05) is 44.6 Å². The van der Waals surface area contributed by atoms with Gasteiger partial charge in [-0.05, 0) is 31.2 Å². The van der Waals surface area contributed by atoms with Crippen molar-refractivity contribution >= 4 is 17.7 Å². The average Bonchev–Trinajstić information content (AvgIpc) is 2.74. The number of rotatable bonds is 6. The Hall–Kier alpha value is -3.22. The predicted octanol–water partition coefficient (Wildman–Crippen LogP) is 3.19. The van der Waals surface area contributed by atoms with E-state index in [-0.39, 0.29) is 18.5 Å². The highest BCUT2D eigenvalue weighted by molar-refractivity contribution is 5.82. The molecule has 0 aliphatic carbocycles. The average molecular weight is 383 g/mol. The highest BCUT2D eigenvalue weighted by Gasteiger charge is 2.24. The van der Waals surface area contributed by atoms with E-state index < -0.39 is 0 Å². The van der Waals surface area contributed by atoms with Crippen molar-refractivity contribution in [2.45, 2.75) is 6.92 Å². The van der Waals surface area contributed by atoms with Gasteiger partial charge in [0.2, 0.25) is 5.91 Å². The summed E-state index contributed by atoms with van der Waals surface area (Å²) in [6.07, 6.45) is -0.320. The number of hydrogen-bond acceptors (Lipinski definition) is 5. The molecule has 1 aliphatic rings. The van der Waals surface area contributed by atoms with Gasteiger partial charge in [-0.25, -0.2) is 4.79 Å². The number of para-hydroxylation sites is 3. The number of piperazine rings is 1. The van der Waals surface area contributed by atoms with E-state index in [1.54, 1.807) is 16.7 Å². The minimum absolute atomic E-state index is 0.0157. The quantitative estimate of drug-likeness (QED) is 0.830. The molecule has 7 nitrogen and oxygen atoms in total. The van der Waals surface area contributed by atoms with Gasteiger partial charge in [0.05, 0.1) is 18.8 Å². The first kappa shape index (κ1) is 19.5. The van der Waals surface area contributed by atoms with Crippen molar-refractivity contribution < 1.29 is 19.1 Å². The molecular weight excluding hydrogens is 358 g/mol. The number of ether oxygens (including phenoxy) is 2. The van der Waals surface area contributed by atoms with Crippen LogP contribution in [0.25, 0.3) is 0 Å². The Labute approximate surface area is 164 Å². The van der Waals surface area contributed by atoms with Gasteiger partial charge < -0.3 is 24.6 Å². The molecule has 2 aromatic rings. The van der Waals surface area contributed by atoms with Gasteiger partial charge in [0.1, 0.15) is 5.75 Å². The van der Waals surface area contributed by atoms with Crippen molar-refractivity contribution in [1.29, 1.82) is 0 Å². The van der Waals surface area contributed by atoms with E-state index in [2.05, 4.69) is 5.32 Å². The van der Waals surface area contributed by atoms with Gasteiger partial charge in [0, 0.05) is 26.2 Å². The van der Waals surface area contributed by atoms with Gasteiger partial charge in [-0.2, -0.15) is 0 Å². The normalized spacial score (nSPS) is 13.8. The lowest BCUT2D eigenvalue weighted by Crippen LogP contribution is -2.51. The number of anilines is 1. The van der Waals surface area contributed by atoms with Crippen LogP contribution in [0.2, 0.25) is 0 Å². The van der Waals surface area contributed by atoms with Crippen molar-refractivity contribution in [3.05, 3.63) is 54.6 Å². The van der Waals surface area contributed by atoms with Gasteiger partial charge in [0.15, 0.2) is 5.75 Å². The highest BCUT2D eigenvalue weighted by atomic mass is 16.6. The number of hydrogen-bond donors (Lipinski definition) is 1. The maximum absolute atomic E-state index is 12.5. The van der Waals surface area contributed by atoms with E-state index in [1.165, 1.54) is 0 Å². The summed E-state index contributed by atoms with van der Waals surface area (Å²) in [4.78, 5) is 27.7. The van der Waals surface area contributed by atoms with Crippen LogP contribution in [0.5, 0.6) is 11.5 Å². The largest absolute Gasteiger partial charge is 0.455 e. The first-order valence-corrected chi connectivity index (χ1v) is 9.42. The molecule has 2 amide bonds. The first-order chi connectivity index (χ1) is 13.7. The summed E-state index contributed by atoms with van der Waals surface area (Å²) in [6, 6.07) is 17.0. The van der Waals surface area contributed by atoms with Gasteiger partial charge in [0.25, 0.3) is 0 Å². The van der Waals surface area contributed by atoms with Crippen LogP contribution >= 0.6 is 0 Å². The summed E-state index contributed by atoms with van der Waals surface area (Å²) >= 11 is 0. The van der Waals surface area contributed by atoms with Crippen LogP contribution in [-0.2, 0) is 9.53 Å². The van der Waals surface area contributed by atoms with E-state index in [4.69, 9.17) is 9.47 Å². The van der Waals surface area contributed by atoms with Crippen LogP contribution in [0.4, 0.5) is 10.5 Å². The smallest absolute Gasteiger partial charge is 0.409 e. The molecule has 1 saturated heterocycles. The second kappa shape index (κ2) is 9.64. The Morgan fingerprint density at radius 3 is 2.29 bits per heavy atom. The monoisotopic (exact) mass is 383 g/mol. The Morgan fingerprint density at radius 2 is 1.57 bits per heavy atom. The van der Waals surface area contributed by atoms with E-state index in [0.717, 1.165) is 11.4 Å². The summed E-state index contributed by atoms with van der Waals surface area (Å²) < 4.78 is 10.9. The second-order valence-corrected chi connectivity index (χ2v) is 6.33. The van der Waals surface area contributed by atoms with Crippen LogP contribution in [-0.4, -0.2) is 61.1 Å². The second-order valence-electron chi connectivity index (χ2n) is 6.33. The lowest BCUT2D eigenvalue weighted by molar-refractivity contribution is -0.130. The summed E-state index contributed by atoms with van der Waals surface area (Å²) in [5, 5.41) is 3.16. The molecule has 7 heteroatoms. The zero-order valence-corrected chi connectivity index (χ0v) is 16.0.